The number of hydrogen-bond acceptors (Lipinski definition) is 7. The molecule has 1 aromatic carbocycles. The quantitative estimate of drug-likeness (QED) is 0.415. The number of nitrogens with zero attached hydrogens (tertiary/aromatic N) is 5. The normalized spacial score (nSPS) is 16.0. The monoisotopic (exact) mass is 667 g/mol. The molecule has 2 aliphatic heterocycles. The third-order valence-corrected chi connectivity index (χ3v) is 5.98. The summed E-state index contributed by atoms with van der Waals surface area (Å²) >= 11 is 0. The highest BCUT2D eigenvalue weighted by Gasteiger charge is 2.39. The first kappa shape index (κ1) is 39.1. The van der Waals surface area contributed by atoms with Gasteiger partial charge < -0.3 is 24.8 Å². The van der Waals surface area contributed by atoms with E-state index in [9.17, 15) is 39.5 Å². The van der Waals surface area contributed by atoms with E-state index in [0.29, 0.717) is 0 Å². The number of carboxylic acids is 3. The molecule has 0 aliphatic carbocycles. The van der Waals surface area contributed by atoms with E-state index in [1.807, 2.05) is 0 Å². The minimum Gasteiger partial charge on any atom is -0.475 e. The number of benzene rings is 1. The molecule has 0 saturated carbocycles. The van der Waals surface area contributed by atoms with Gasteiger partial charge in [-0.2, -0.15) is 39.5 Å². The minimum absolute atomic E-state index is 0.956. The van der Waals surface area contributed by atoms with Gasteiger partial charge >= 0.3 is 36.4 Å². The number of imidazole rings is 1. The van der Waals surface area contributed by atoms with Crippen LogP contribution < -0.4 is 0 Å². The number of alkyl halides is 9. The molecule has 254 valence electrons. The highest BCUT2D eigenvalue weighted by Crippen LogP contribution is 2.19. The van der Waals surface area contributed by atoms with Crippen molar-refractivity contribution in [2.45, 2.75) is 44.7 Å². The van der Waals surface area contributed by atoms with Crippen LogP contribution in [0.15, 0.2) is 36.5 Å². The smallest absolute Gasteiger partial charge is 0.475 e. The van der Waals surface area contributed by atoms with Crippen molar-refractivity contribution in [2.75, 3.05) is 39.8 Å². The van der Waals surface area contributed by atoms with Crippen LogP contribution in [0.25, 0.3) is 0 Å². The van der Waals surface area contributed by atoms with Gasteiger partial charge in [0.25, 0.3) is 0 Å². The zero-order valence-electron chi connectivity index (χ0n) is 23.5. The maximum Gasteiger partial charge on any atom is 0.490 e. The van der Waals surface area contributed by atoms with Crippen molar-refractivity contribution in [1.29, 1.82) is 0 Å². The molecule has 1 aromatic heterocycles. The van der Waals surface area contributed by atoms with Crippen molar-refractivity contribution >= 4 is 17.9 Å². The van der Waals surface area contributed by atoms with Crippen molar-refractivity contribution in [1.82, 2.24) is 24.3 Å². The molecule has 1 saturated heterocycles. The third-order valence-electron chi connectivity index (χ3n) is 5.98. The number of piperazine rings is 1. The van der Waals surface area contributed by atoms with Crippen LogP contribution in [-0.4, -0.2) is 116 Å². The van der Waals surface area contributed by atoms with Gasteiger partial charge in [0.05, 0.1) is 12.2 Å². The van der Waals surface area contributed by atoms with Crippen LogP contribution in [0.5, 0.6) is 0 Å². The molecule has 1 fully saturated rings. The second-order valence-electron chi connectivity index (χ2n) is 9.50. The summed E-state index contributed by atoms with van der Waals surface area (Å²) in [7, 11) is 2.21. The van der Waals surface area contributed by atoms with E-state index < -0.39 is 36.4 Å². The topological polar surface area (TPSA) is 139 Å². The molecule has 0 amide bonds. The largest absolute Gasteiger partial charge is 0.490 e. The molecule has 2 aromatic rings. The molecule has 0 spiro atoms. The van der Waals surface area contributed by atoms with Gasteiger partial charge in [-0.3, -0.25) is 9.80 Å². The summed E-state index contributed by atoms with van der Waals surface area (Å²) in [6.45, 7) is 9.85. The fraction of sp³-hybridized carbons (Fsp3) is 0.520. The van der Waals surface area contributed by atoms with Crippen LogP contribution in [0, 0.1) is 0 Å². The van der Waals surface area contributed by atoms with Crippen LogP contribution >= 0.6 is 0 Å². The van der Waals surface area contributed by atoms with Gasteiger partial charge in [-0.15, -0.1) is 0 Å². The van der Waals surface area contributed by atoms with Crippen LogP contribution in [-0.2, 0) is 40.6 Å². The maximum absolute atomic E-state index is 10.6. The van der Waals surface area contributed by atoms with Crippen molar-refractivity contribution in [2.24, 2.45) is 0 Å². The molecule has 3 N–H and O–H groups in total. The Kier molecular flexibility index (Phi) is 14.7. The van der Waals surface area contributed by atoms with Gasteiger partial charge in [-0.25, -0.2) is 19.4 Å². The fourth-order valence-corrected chi connectivity index (χ4v) is 3.71. The van der Waals surface area contributed by atoms with Gasteiger partial charge in [-0.1, -0.05) is 30.3 Å². The predicted molar refractivity (Wildman–Crippen MR) is 137 cm³/mol. The van der Waals surface area contributed by atoms with Crippen molar-refractivity contribution < 1.29 is 69.2 Å². The lowest BCUT2D eigenvalue weighted by molar-refractivity contribution is -0.193. The number of likely N-dealkylation sites (N-methyl/N-ethyl adjacent to an activating group) is 1. The zero-order valence-corrected chi connectivity index (χ0v) is 23.5. The first-order valence-electron chi connectivity index (χ1n) is 12.7. The molecule has 3 heterocycles. The Morgan fingerprint density at radius 2 is 1.11 bits per heavy atom. The van der Waals surface area contributed by atoms with Crippen molar-refractivity contribution in [3.8, 4) is 0 Å². The third kappa shape index (κ3) is 15.1. The average Bonchev–Trinajstić information content (AvgIpc) is 3.32. The standard InChI is InChI=1S/C19H27N5.3C2HF3O2/c1-21-7-9-22(10-8-21)15-18-13-20-19-16-23(11-12-24(18)19)14-17-5-3-2-4-6-17;3*3-2(4,5)1(6)7/h2-6,13H,7-12,14-16H2,1H3;3*(H,6,7). The van der Waals surface area contributed by atoms with E-state index in [4.69, 9.17) is 34.7 Å². The maximum atomic E-state index is 10.6. The minimum atomic E-state index is -5.08. The second-order valence-corrected chi connectivity index (χ2v) is 9.50. The summed E-state index contributed by atoms with van der Waals surface area (Å²) in [5, 5.41) is 21.4. The number of rotatable bonds is 4. The number of aromatic nitrogens is 2. The SMILES string of the molecule is CN1CCN(Cc2cnc3n2CCN(Cc2ccccc2)C3)CC1.O=C(O)C(F)(F)F.O=C(O)C(F)(F)F.O=C(O)C(F)(F)F. The number of carboxylic acid groups (broad SMARTS) is 3. The number of hydrogen-bond donors (Lipinski definition) is 3. The Balaban J connectivity index is 0.000000396. The molecule has 11 nitrogen and oxygen atoms in total. The molecule has 0 radical (unpaired) electrons. The number of carbonyl (C=O) groups is 3. The highest BCUT2D eigenvalue weighted by molar-refractivity contribution is 5.73. The van der Waals surface area contributed by atoms with Crippen LogP contribution in [0.3, 0.4) is 0 Å². The molecular weight excluding hydrogens is 637 g/mol. The lowest BCUT2D eigenvalue weighted by Gasteiger charge is -2.33. The predicted octanol–water partition coefficient (Wildman–Crippen LogP) is 3.55. The first-order chi connectivity index (χ1) is 20.6. The van der Waals surface area contributed by atoms with E-state index in [1.165, 1.54) is 30.2 Å². The van der Waals surface area contributed by atoms with Gasteiger partial charge in [-0.05, 0) is 12.6 Å². The summed E-state index contributed by atoms with van der Waals surface area (Å²) in [5.74, 6) is -7.05. The number of fused-ring (bicyclic) bond motifs is 1. The average molecular weight is 668 g/mol. The lowest BCUT2D eigenvalue weighted by Crippen LogP contribution is -2.44. The molecule has 4 rings (SSSR count). The van der Waals surface area contributed by atoms with Crippen LogP contribution in [0.1, 0.15) is 17.1 Å². The zero-order chi connectivity index (χ0) is 34.6. The molecule has 0 unspecified atom stereocenters. The Hall–Kier alpha value is -3.91. The molecule has 0 atom stereocenters. The van der Waals surface area contributed by atoms with E-state index in [0.717, 1.165) is 45.8 Å². The lowest BCUT2D eigenvalue weighted by atomic mass is 10.2. The Bertz CT molecular complexity index is 1170. The fourth-order valence-electron chi connectivity index (χ4n) is 3.71. The summed E-state index contributed by atoms with van der Waals surface area (Å²) < 4.78 is 97.7. The summed E-state index contributed by atoms with van der Waals surface area (Å²) in [4.78, 5) is 38.9. The van der Waals surface area contributed by atoms with Crippen LogP contribution in [0.2, 0.25) is 0 Å². The molecule has 20 heteroatoms. The van der Waals surface area contributed by atoms with Gasteiger partial charge in [0, 0.05) is 58.6 Å². The van der Waals surface area contributed by atoms with Gasteiger partial charge in [0.1, 0.15) is 5.82 Å². The second kappa shape index (κ2) is 17.0. The molecular formula is C25H30F9N5O6. The van der Waals surface area contributed by atoms with Crippen molar-refractivity contribution in [3.63, 3.8) is 0 Å². The first-order valence-corrected chi connectivity index (χ1v) is 12.7. The Morgan fingerprint density at radius 3 is 1.53 bits per heavy atom. The highest BCUT2D eigenvalue weighted by atomic mass is 19.4. The number of halogens is 9. The van der Waals surface area contributed by atoms with E-state index in [-0.39, 0.29) is 0 Å². The number of aliphatic carboxylic acids is 3. The molecule has 0 bridgehead atoms. The van der Waals surface area contributed by atoms with E-state index in [1.54, 1.807) is 0 Å². The Morgan fingerprint density at radius 1 is 0.689 bits per heavy atom. The summed E-state index contributed by atoms with van der Waals surface area (Å²) in [5.41, 5.74) is 2.77. The molecule has 2 aliphatic rings. The van der Waals surface area contributed by atoms with Crippen molar-refractivity contribution in [3.05, 3.63) is 53.6 Å². The molecule has 45 heavy (non-hydrogen) atoms. The van der Waals surface area contributed by atoms with Gasteiger partial charge in [0.2, 0.25) is 0 Å². The van der Waals surface area contributed by atoms with E-state index >= 15 is 0 Å². The van der Waals surface area contributed by atoms with E-state index in [2.05, 4.69) is 62.8 Å². The Labute approximate surface area is 250 Å². The summed E-state index contributed by atoms with van der Waals surface area (Å²) in [6.07, 6.45) is -13.2. The summed E-state index contributed by atoms with van der Waals surface area (Å²) in [6, 6.07) is 10.7. The van der Waals surface area contributed by atoms with Gasteiger partial charge in [0.15, 0.2) is 0 Å². The van der Waals surface area contributed by atoms with Crippen LogP contribution in [0.4, 0.5) is 39.5 Å².